The van der Waals surface area contributed by atoms with Crippen molar-refractivity contribution in [3.8, 4) is 11.1 Å². The van der Waals surface area contributed by atoms with Gasteiger partial charge in [-0.2, -0.15) is 5.10 Å². The van der Waals surface area contributed by atoms with Crippen LogP contribution in [-0.4, -0.2) is 9.78 Å². The van der Waals surface area contributed by atoms with Gasteiger partial charge in [0, 0.05) is 18.3 Å². The predicted molar refractivity (Wildman–Crippen MR) is 79.4 cm³/mol. The summed E-state index contributed by atoms with van der Waals surface area (Å²) in [5.74, 6) is 1.44. The van der Waals surface area contributed by atoms with Crippen molar-refractivity contribution in [1.29, 1.82) is 0 Å². The van der Waals surface area contributed by atoms with E-state index in [1.807, 2.05) is 11.7 Å². The minimum atomic E-state index is 0.673. The molecular weight excluding hydrogens is 232 g/mol. The molecule has 0 saturated carbocycles. The minimum absolute atomic E-state index is 0.673. The first-order valence-electron chi connectivity index (χ1n) is 7.12. The molecule has 1 aliphatic rings. The Morgan fingerprint density at radius 2 is 1.95 bits per heavy atom. The highest BCUT2D eigenvalue weighted by Crippen LogP contribution is 2.40. The van der Waals surface area contributed by atoms with Gasteiger partial charge in [0.25, 0.3) is 0 Å². The van der Waals surface area contributed by atoms with Crippen molar-refractivity contribution >= 4 is 0 Å². The molecule has 1 heterocycles. The zero-order valence-corrected chi connectivity index (χ0v) is 12.5. The standard InChI is InChI=1S/C17H22N2/c1-10-8-14-6-7-15(9-16(14)11(10)2)17-12(3)18-19(5)13(17)4/h6-7,9-11H,8H2,1-5H3. The SMILES string of the molecule is Cc1nn(C)c(C)c1-c1ccc2c(c1)C(C)C(C)C2. The summed E-state index contributed by atoms with van der Waals surface area (Å²) < 4.78 is 1.98. The molecular formula is C17H22N2. The van der Waals surface area contributed by atoms with Crippen LogP contribution in [0.2, 0.25) is 0 Å². The molecule has 0 spiro atoms. The lowest BCUT2D eigenvalue weighted by Gasteiger charge is -2.11. The first-order valence-corrected chi connectivity index (χ1v) is 7.12. The highest BCUT2D eigenvalue weighted by atomic mass is 15.3. The third-order valence-electron chi connectivity index (χ3n) is 4.83. The van der Waals surface area contributed by atoms with Gasteiger partial charge in [0.1, 0.15) is 0 Å². The second-order valence-electron chi connectivity index (χ2n) is 6.05. The molecule has 0 radical (unpaired) electrons. The van der Waals surface area contributed by atoms with Crippen molar-refractivity contribution in [3.05, 3.63) is 40.7 Å². The normalized spacial score (nSPS) is 21.7. The van der Waals surface area contributed by atoms with Crippen LogP contribution in [0.3, 0.4) is 0 Å². The van der Waals surface area contributed by atoms with Crippen molar-refractivity contribution in [2.75, 3.05) is 0 Å². The average molecular weight is 254 g/mol. The van der Waals surface area contributed by atoms with Crippen molar-refractivity contribution in [3.63, 3.8) is 0 Å². The van der Waals surface area contributed by atoms with E-state index in [1.54, 1.807) is 0 Å². The van der Waals surface area contributed by atoms with Gasteiger partial charge in [-0.25, -0.2) is 0 Å². The van der Waals surface area contributed by atoms with E-state index in [1.165, 1.54) is 34.4 Å². The van der Waals surface area contributed by atoms with E-state index in [4.69, 9.17) is 0 Å². The van der Waals surface area contributed by atoms with Gasteiger partial charge in [-0.1, -0.05) is 32.0 Å². The Bertz CT molecular complexity index is 637. The van der Waals surface area contributed by atoms with Crippen molar-refractivity contribution in [1.82, 2.24) is 9.78 Å². The Morgan fingerprint density at radius 3 is 2.58 bits per heavy atom. The third kappa shape index (κ3) is 1.81. The van der Waals surface area contributed by atoms with Crippen LogP contribution in [0.5, 0.6) is 0 Å². The fourth-order valence-electron chi connectivity index (χ4n) is 3.38. The molecule has 0 saturated heterocycles. The van der Waals surface area contributed by atoms with E-state index in [9.17, 15) is 0 Å². The second kappa shape index (κ2) is 4.22. The first kappa shape index (κ1) is 12.5. The summed E-state index contributed by atoms with van der Waals surface area (Å²) in [4.78, 5) is 0. The zero-order chi connectivity index (χ0) is 13.7. The maximum Gasteiger partial charge on any atom is 0.0674 e. The van der Waals surface area contributed by atoms with Crippen molar-refractivity contribution in [2.24, 2.45) is 13.0 Å². The highest BCUT2D eigenvalue weighted by Gasteiger charge is 2.26. The minimum Gasteiger partial charge on any atom is -0.272 e. The summed E-state index contributed by atoms with van der Waals surface area (Å²) in [5.41, 5.74) is 8.06. The maximum atomic E-state index is 4.53. The van der Waals surface area contributed by atoms with Crippen LogP contribution < -0.4 is 0 Å². The molecule has 2 nitrogen and oxygen atoms in total. The predicted octanol–water partition coefficient (Wildman–Crippen LogP) is 4.00. The van der Waals surface area contributed by atoms with Crippen LogP contribution in [0, 0.1) is 19.8 Å². The second-order valence-corrected chi connectivity index (χ2v) is 6.05. The van der Waals surface area contributed by atoms with Gasteiger partial charge in [-0.15, -0.1) is 0 Å². The molecule has 2 atom stereocenters. The Balaban J connectivity index is 2.14. The summed E-state index contributed by atoms with van der Waals surface area (Å²) in [5, 5.41) is 4.53. The maximum absolute atomic E-state index is 4.53. The Morgan fingerprint density at radius 1 is 1.21 bits per heavy atom. The number of aromatic nitrogens is 2. The lowest BCUT2D eigenvalue weighted by molar-refractivity contribution is 0.532. The molecule has 19 heavy (non-hydrogen) atoms. The Kier molecular flexibility index (Phi) is 2.77. The van der Waals surface area contributed by atoms with E-state index >= 15 is 0 Å². The molecule has 2 unspecified atom stereocenters. The number of aryl methyl sites for hydroxylation is 2. The van der Waals surface area contributed by atoms with Gasteiger partial charge in [0.15, 0.2) is 0 Å². The number of fused-ring (bicyclic) bond motifs is 1. The summed E-state index contributed by atoms with van der Waals surface area (Å²) in [6.45, 7) is 8.95. The topological polar surface area (TPSA) is 17.8 Å². The quantitative estimate of drug-likeness (QED) is 0.752. The van der Waals surface area contributed by atoms with Crippen molar-refractivity contribution < 1.29 is 0 Å². The number of benzene rings is 1. The number of nitrogens with zero attached hydrogens (tertiary/aromatic N) is 2. The van der Waals surface area contributed by atoms with E-state index in [0.717, 1.165) is 11.6 Å². The van der Waals surface area contributed by atoms with Crippen LogP contribution in [0.4, 0.5) is 0 Å². The van der Waals surface area contributed by atoms with Gasteiger partial charge >= 0.3 is 0 Å². The number of hydrogen-bond acceptors (Lipinski definition) is 1. The third-order valence-corrected chi connectivity index (χ3v) is 4.83. The molecule has 0 fully saturated rings. The monoisotopic (exact) mass is 254 g/mol. The largest absolute Gasteiger partial charge is 0.272 e. The number of hydrogen-bond donors (Lipinski definition) is 0. The van der Waals surface area contributed by atoms with Gasteiger partial charge in [-0.05, 0) is 48.8 Å². The Hall–Kier alpha value is -1.57. The van der Waals surface area contributed by atoms with E-state index in [0.29, 0.717) is 5.92 Å². The fraction of sp³-hybridized carbons (Fsp3) is 0.471. The zero-order valence-electron chi connectivity index (χ0n) is 12.5. The summed E-state index contributed by atoms with van der Waals surface area (Å²) in [6.07, 6.45) is 1.22. The smallest absolute Gasteiger partial charge is 0.0674 e. The molecule has 1 aromatic heterocycles. The van der Waals surface area contributed by atoms with Gasteiger partial charge < -0.3 is 0 Å². The van der Waals surface area contributed by atoms with Crippen LogP contribution in [0.15, 0.2) is 18.2 Å². The van der Waals surface area contributed by atoms with Gasteiger partial charge in [-0.3, -0.25) is 4.68 Å². The molecule has 3 rings (SSSR count). The lowest BCUT2D eigenvalue weighted by Crippen LogP contribution is -1.97. The molecule has 2 aromatic rings. The van der Waals surface area contributed by atoms with Crippen LogP contribution in [-0.2, 0) is 13.5 Å². The van der Waals surface area contributed by atoms with Crippen LogP contribution in [0.25, 0.3) is 11.1 Å². The lowest BCUT2D eigenvalue weighted by atomic mass is 9.94. The van der Waals surface area contributed by atoms with Crippen LogP contribution >= 0.6 is 0 Å². The van der Waals surface area contributed by atoms with Crippen molar-refractivity contribution in [2.45, 2.75) is 40.0 Å². The summed E-state index contributed by atoms with van der Waals surface area (Å²) >= 11 is 0. The van der Waals surface area contributed by atoms with Crippen LogP contribution in [0.1, 0.15) is 42.3 Å². The molecule has 1 aromatic carbocycles. The molecule has 0 bridgehead atoms. The number of rotatable bonds is 1. The summed E-state index contributed by atoms with van der Waals surface area (Å²) in [6, 6.07) is 6.97. The van der Waals surface area contributed by atoms with E-state index in [-0.39, 0.29) is 0 Å². The molecule has 0 N–H and O–H groups in total. The van der Waals surface area contributed by atoms with Gasteiger partial charge in [0.05, 0.1) is 5.69 Å². The molecule has 2 heteroatoms. The van der Waals surface area contributed by atoms with Gasteiger partial charge in [0.2, 0.25) is 0 Å². The molecule has 0 amide bonds. The fourth-order valence-corrected chi connectivity index (χ4v) is 3.38. The Labute approximate surface area is 115 Å². The molecule has 1 aliphatic carbocycles. The van der Waals surface area contributed by atoms with E-state index < -0.39 is 0 Å². The highest BCUT2D eigenvalue weighted by molar-refractivity contribution is 5.70. The average Bonchev–Trinajstić information content (AvgIpc) is 2.78. The molecule has 0 aliphatic heterocycles. The first-order chi connectivity index (χ1) is 8.99. The summed E-state index contributed by atoms with van der Waals surface area (Å²) in [7, 11) is 2.02. The van der Waals surface area contributed by atoms with E-state index in [2.05, 4.69) is 51.0 Å². The molecule has 100 valence electrons.